The molecule has 0 aromatic heterocycles. The summed E-state index contributed by atoms with van der Waals surface area (Å²) < 4.78 is 63.2. The molecule has 0 heterocycles. The first-order valence-corrected chi connectivity index (χ1v) is 6.65. The van der Waals surface area contributed by atoms with Gasteiger partial charge in [-0.15, -0.1) is 0 Å². The average Bonchev–Trinajstić information content (AvgIpc) is 2.52. The molecule has 7 heteroatoms. The van der Waals surface area contributed by atoms with Crippen LogP contribution < -0.4 is 0 Å². The van der Waals surface area contributed by atoms with Gasteiger partial charge in [0.25, 0.3) is 0 Å². The van der Waals surface area contributed by atoms with E-state index in [4.69, 9.17) is 0 Å². The maximum absolute atomic E-state index is 12.3. The number of fused-ring (bicyclic) bond motifs is 1. The van der Waals surface area contributed by atoms with Gasteiger partial charge in [-0.2, -0.15) is 21.6 Å². The van der Waals surface area contributed by atoms with E-state index in [1.54, 1.807) is 30.4 Å². The van der Waals surface area contributed by atoms with Gasteiger partial charge in [-0.05, 0) is 17.2 Å². The molecule has 0 fully saturated rings. The Morgan fingerprint density at radius 1 is 1.05 bits per heavy atom. The first-order valence-electron chi connectivity index (χ1n) is 5.24. The molecule has 0 radical (unpaired) electrons. The minimum atomic E-state index is -5.63. The van der Waals surface area contributed by atoms with Crippen molar-refractivity contribution in [2.75, 3.05) is 0 Å². The van der Waals surface area contributed by atoms with E-state index in [-0.39, 0.29) is 0 Å². The molecule has 0 saturated heterocycles. The predicted octanol–water partition coefficient (Wildman–Crippen LogP) is 2.77. The van der Waals surface area contributed by atoms with Gasteiger partial charge in [-0.25, -0.2) is 0 Å². The third-order valence-corrected chi connectivity index (χ3v) is 3.52. The molecule has 0 aromatic carbocycles. The summed E-state index contributed by atoms with van der Waals surface area (Å²) in [6, 6.07) is 0. The molecule has 2 aliphatic rings. The van der Waals surface area contributed by atoms with Gasteiger partial charge in [0.15, 0.2) is 0 Å². The van der Waals surface area contributed by atoms with Crippen LogP contribution >= 0.6 is 0 Å². The average molecular weight is 290 g/mol. The number of alkyl halides is 3. The molecule has 102 valence electrons. The van der Waals surface area contributed by atoms with Crippen molar-refractivity contribution in [1.29, 1.82) is 0 Å². The van der Waals surface area contributed by atoms with Gasteiger partial charge in [0.05, 0.1) is 0 Å². The minimum Gasteiger partial charge on any atom is -0.251 e. The quantitative estimate of drug-likeness (QED) is 0.580. The summed E-state index contributed by atoms with van der Waals surface area (Å²) in [5.41, 5.74) is -4.46. The fourth-order valence-corrected chi connectivity index (χ4v) is 2.17. The number of allylic oxidation sites excluding steroid dienone is 7. The van der Waals surface area contributed by atoms with Crippen molar-refractivity contribution in [1.82, 2.24) is 0 Å². The lowest BCUT2D eigenvalue weighted by Crippen LogP contribution is -2.31. The van der Waals surface area contributed by atoms with Crippen LogP contribution in [0.5, 0.6) is 0 Å². The molecule has 0 spiro atoms. The highest BCUT2D eigenvalue weighted by molar-refractivity contribution is 7.87. The topological polar surface area (TPSA) is 43.4 Å². The summed E-state index contributed by atoms with van der Waals surface area (Å²) >= 11 is 0. The third kappa shape index (κ3) is 2.87. The van der Waals surface area contributed by atoms with Gasteiger partial charge in [-0.3, -0.25) is 4.18 Å². The highest BCUT2D eigenvalue weighted by Crippen LogP contribution is 2.31. The Kier molecular flexibility index (Phi) is 3.51. The van der Waals surface area contributed by atoms with Crippen molar-refractivity contribution in [2.45, 2.75) is 11.6 Å². The van der Waals surface area contributed by atoms with E-state index >= 15 is 0 Å². The van der Waals surface area contributed by atoms with Crippen LogP contribution in [0.25, 0.3) is 0 Å². The highest BCUT2D eigenvalue weighted by Gasteiger charge is 2.48. The van der Waals surface area contributed by atoms with Crippen LogP contribution in [-0.2, 0) is 14.3 Å². The predicted molar refractivity (Wildman–Crippen MR) is 63.4 cm³/mol. The highest BCUT2D eigenvalue weighted by atomic mass is 32.2. The molecule has 2 aliphatic carbocycles. The van der Waals surface area contributed by atoms with Crippen LogP contribution in [0.4, 0.5) is 13.2 Å². The largest absolute Gasteiger partial charge is 0.523 e. The van der Waals surface area contributed by atoms with Crippen molar-refractivity contribution in [3.63, 3.8) is 0 Å². The summed E-state index contributed by atoms with van der Waals surface area (Å²) in [4.78, 5) is 0. The normalized spacial score (nSPS) is 22.6. The van der Waals surface area contributed by atoms with Gasteiger partial charge in [0, 0.05) is 0 Å². The number of rotatable bonds is 2. The SMILES string of the molecule is O=S(=O)(OC1C=CC=C2C=CC=CC=C21)C(F)(F)F. The van der Waals surface area contributed by atoms with Gasteiger partial charge in [-0.1, -0.05) is 42.5 Å². The maximum atomic E-state index is 12.3. The minimum absolute atomic E-state index is 0.361. The van der Waals surface area contributed by atoms with Gasteiger partial charge >= 0.3 is 15.6 Å². The molecule has 3 nitrogen and oxygen atoms in total. The smallest absolute Gasteiger partial charge is 0.251 e. The first-order chi connectivity index (χ1) is 8.81. The molecule has 0 N–H and O–H groups in total. The second kappa shape index (κ2) is 4.82. The van der Waals surface area contributed by atoms with E-state index in [1.807, 2.05) is 0 Å². The van der Waals surface area contributed by atoms with E-state index in [0.717, 1.165) is 0 Å². The standard InChI is InChI=1S/C12H9F3O3S/c13-12(14,15)19(16,17)18-11-8-4-6-9-5-2-1-3-7-10(9)11/h1-8,11H. The van der Waals surface area contributed by atoms with Crippen molar-refractivity contribution in [2.24, 2.45) is 0 Å². The number of hydrogen-bond donors (Lipinski definition) is 0. The van der Waals surface area contributed by atoms with Crippen LogP contribution in [0.15, 0.2) is 59.8 Å². The van der Waals surface area contributed by atoms with Crippen molar-refractivity contribution < 1.29 is 25.8 Å². The second-order valence-corrected chi connectivity index (χ2v) is 5.35. The summed E-state index contributed by atoms with van der Waals surface area (Å²) in [5.74, 6) is 0. The monoisotopic (exact) mass is 290 g/mol. The van der Waals surface area contributed by atoms with E-state index in [1.165, 1.54) is 18.2 Å². The molecule has 0 aromatic rings. The summed E-state index contributed by atoms with van der Waals surface area (Å²) in [6.07, 6.45) is 11.3. The molecular weight excluding hydrogens is 281 g/mol. The zero-order chi connectivity index (χ0) is 14.1. The molecule has 0 bridgehead atoms. The van der Waals surface area contributed by atoms with Crippen molar-refractivity contribution in [3.05, 3.63) is 59.8 Å². The third-order valence-electron chi connectivity index (χ3n) is 2.49. The number of hydrogen-bond acceptors (Lipinski definition) is 3. The molecule has 19 heavy (non-hydrogen) atoms. The van der Waals surface area contributed by atoms with Crippen LogP contribution in [0.2, 0.25) is 0 Å². The lowest BCUT2D eigenvalue weighted by molar-refractivity contribution is -0.0551. The molecule has 1 atom stereocenters. The Bertz CT molecular complexity index is 619. The Hall–Kier alpha value is -1.60. The van der Waals surface area contributed by atoms with E-state index in [9.17, 15) is 21.6 Å². The zero-order valence-corrected chi connectivity index (χ0v) is 10.3. The van der Waals surface area contributed by atoms with Gasteiger partial charge in [0.2, 0.25) is 0 Å². The molecule has 0 amide bonds. The fourth-order valence-electron chi connectivity index (χ4n) is 1.62. The molecule has 0 aliphatic heterocycles. The van der Waals surface area contributed by atoms with Crippen LogP contribution in [0.3, 0.4) is 0 Å². The van der Waals surface area contributed by atoms with Crippen LogP contribution in [0.1, 0.15) is 0 Å². The second-order valence-electron chi connectivity index (χ2n) is 3.79. The van der Waals surface area contributed by atoms with E-state index in [2.05, 4.69) is 4.18 Å². The zero-order valence-electron chi connectivity index (χ0n) is 9.46. The van der Waals surface area contributed by atoms with Gasteiger partial charge in [0.1, 0.15) is 6.10 Å². The van der Waals surface area contributed by atoms with Crippen LogP contribution in [0, 0.1) is 0 Å². The van der Waals surface area contributed by atoms with Crippen molar-refractivity contribution in [3.8, 4) is 0 Å². The lowest BCUT2D eigenvalue weighted by Gasteiger charge is -2.21. The maximum Gasteiger partial charge on any atom is 0.523 e. The lowest BCUT2D eigenvalue weighted by atomic mass is 9.96. The molecular formula is C12H9F3O3S. The summed E-state index contributed by atoms with van der Waals surface area (Å²) in [7, 11) is -5.63. The van der Waals surface area contributed by atoms with Gasteiger partial charge < -0.3 is 0 Å². The van der Waals surface area contributed by atoms with Crippen molar-refractivity contribution >= 4 is 10.1 Å². The van der Waals surface area contributed by atoms with Crippen LogP contribution in [-0.4, -0.2) is 20.0 Å². The number of halogens is 3. The molecule has 2 rings (SSSR count). The Labute approximate surface area is 108 Å². The fraction of sp³-hybridized carbons (Fsp3) is 0.167. The van der Waals surface area contributed by atoms with E-state index in [0.29, 0.717) is 11.1 Å². The Balaban J connectivity index is 2.31. The summed E-state index contributed by atoms with van der Waals surface area (Å²) in [5, 5.41) is 0. The molecule has 1 unspecified atom stereocenters. The Morgan fingerprint density at radius 2 is 1.79 bits per heavy atom. The molecule has 0 saturated carbocycles. The first kappa shape index (κ1) is 13.8. The summed E-state index contributed by atoms with van der Waals surface area (Å²) in [6.45, 7) is 0. The van der Waals surface area contributed by atoms with E-state index < -0.39 is 21.7 Å². The Morgan fingerprint density at radius 3 is 2.47 bits per heavy atom.